The Balaban J connectivity index is 2.18. The zero-order valence-corrected chi connectivity index (χ0v) is 11.7. The van der Waals surface area contributed by atoms with E-state index in [0.29, 0.717) is 5.75 Å². The molecule has 0 aliphatic rings. The Kier molecular flexibility index (Phi) is 4.53. The van der Waals surface area contributed by atoms with Crippen molar-refractivity contribution >= 4 is 15.8 Å². The van der Waals surface area contributed by atoms with Crippen molar-refractivity contribution in [1.29, 1.82) is 0 Å². The van der Waals surface area contributed by atoms with Crippen LogP contribution < -0.4 is 0 Å². The molecule has 0 N–H and O–H groups in total. The van der Waals surface area contributed by atoms with Crippen LogP contribution >= 0.6 is 0 Å². The highest BCUT2D eigenvalue weighted by atomic mass is 32.2. The first-order chi connectivity index (χ1) is 9.24. The maximum atomic E-state index is 12.7. The second-order valence-electron chi connectivity index (χ2n) is 4.12. The first kappa shape index (κ1) is 13.6. The van der Waals surface area contributed by atoms with Crippen LogP contribution in [0.25, 0.3) is 6.08 Å². The highest BCUT2D eigenvalue weighted by Crippen LogP contribution is 2.14. The van der Waals surface area contributed by atoms with Gasteiger partial charge in [0.05, 0.1) is 15.5 Å². The Labute approximate surface area is 115 Å². The molecule has 0 saturated carbocycles. The van der Waals surface area contributed by atoms with Gasteiger partial charge in [0.15, 0.2) is 0 Å². The van der Waals surface area contributed by atoms with Crippen molar-refractivity contribution in [3.8, 4) is 0 Å². The Morgan fingerprint density at radius 3 is 2.16 bits per heavy atom. The van der Waals surface area contributed by atoms with Gasteiger partial charge in [-0.25, -0.2) is 8.57 Å². The van der Waals surface area contributed by atoms with Crippen LogP contribution in [0.5, 0.6) is 0 Å². The molecule has 0 amide bonds. The highest BCUT2D eigenvalue weighted by molar-refractivity contribution is 7.93. The zero-order valence-electron chi connectivity index (χ0n) is 10.9. The molecular weight excluding hydrogens is 254 g/mol. The molecule has 0 heterocycles. The van der Waals surface area contributed by atoms with Gasteiger partial charge in [0.2, 0.25) is 0 Å². The Morgan fingerprint density at radius 2 is 1.58 bits per heavy atom. The van der Waals surface area contributed by atoms with Crippen LogP contribution in [0.4, 0.5) is 0 Å². The minimum atomic E-state index is -2.34. The van der Waals surface area contributed by atoms with E-state index in [1.165, 1.54) is 0 Å². The van der Waals surface area contributed by atoms with Gasteiger partial charge in [-0.15, -0.1) is 0 Å². The largest absolute Gasteiger partial charge is 0.244 e. The van der Waals surface area contributed by atoms with Gasteiger partial charge in [-0.1, -0.05) is 60.7 Å². The van der Waals surface area contributed by atoms with Crippen molar-refractivity contribution in [3.63, 3.8) is 0 Å². The van der Waals surface area contributed by atoms with E-state index >= 15 is 0 Å². The van der Waals surface area contributed by atoms with E-state index in [-0.39, 0.29) is 0 Å². The molecule has 1 unspecified atom stereocenters. The SMILES string of the molecule is CN=S(=O)(C/C=C\c1ccccc1)c1ccccc1. The minimum absolute atomic E-state index is 0.433. The summed E-state index contributed by atoms with van der Waals surface area (Å²) in [4.78, 5) is 0.787. The Bertz CT molecular complexity index is 654. The molecule has 2 nitrogen and oxygen atoms in total. The zero-order chi connectivity index (χ0) is 13.6. The number of rotatable bonds is 4. The minimum Gasteiger partial charge on any atom is -0.244 e. The monoisotopic (exact) mass is 271 g/mol. The molecule has 2 aromatic carbocycles. The van der Waals surface area contributed by atoms with Crippen molar-refractivity contribution in [2.24, 2.45) is 4.36 Å². The summed E-state index contributed by atoms with van der Waals surface area (Å²) in [7, 11) is -0.721. The first-order valence-electron chi connectivity index (χ1n) is 6.14. The van der Waals surface area contributed by atoms with E-state index in [4.69, 9.17) is 0 Å². The van der Waals surface area contributed by atoms with Crippen LogP contribution in [0, 0.1) is 0 Å². The fraction of sp³-hybridized carbons (Fsp3) is 0.125. The Hall–Kier alpha value is -1.87. The summed E-state index contributed by atoms with van der Waals surface area (Å²) in [5.74, 6) is 0.433. The first-order valence-corrected chi connectivity index (χ1v) is 7.82. The smallest absolute Gasteiger partial charge is 0.0785 e. The quantitative estimate of drug-likeness (QED) is 0.830. The second-order valence-corrected chi connectivity index (χ2v) is 6.57. The van der Waals surface area contributed by atoms with Crippen LogP contribution in [-0.4, -0.2) is 17.0 Å². The lowest BCUT2D eigenvalue weighted by atomic mass is 10.2. The molecule has 0 saturated heterocycles. The van der Waals surface area contributed by atoms with Gasteiger partial charge in [-0.2, -0.15) is 0 Å². The van der Waals surface area contributed by atoms with Crippen LogP contribution in [0.15, 0.2) is 76.0 Å². The third kappa shape index (κ3) is 3.55. The van der Waals surface area contributed by atoms with E-state index in [9.17, 15) is 4.21 Å². The van der Waals surface area contributed by atoms with Gasteiger partial charge in [0.1, 0.15) is 0 Å². The average molecular weight is 271 g/mol. The maximum absolute atomic E-state index is 12.7. The number of benzene rings is 2. The van der Waals surface area contributed by atoms with E-state index in [0.717, 1.165) is 10.5 Å². The molecule has 0 fully saturated rings. The van der Waals surface area contributed by atoms with Gasteiger partial charge in [0, 0.05) is 11.9 Å². The van der Waals surface area contributed by atoms with Gasteiger partial charge in [0.25, 0.3) is 0 Å². The molecule has 0 aliphatic carbocycles. The van der Waals surface area contributed by atoms with E-state index in [1.54, 1.807) is 7.05 Å². The normalized spacial score (nSPS) is 14.2. The molecule has 0 radical (unpaired) electrons. The van der Waals surface area contributed by atoms with Crippen molar-refractivity contribution in [1.82, 2.24) is 0 Å². The summed E-state index contributed by atoms with van der Waals surface area (Å²) in [5, 5.41) is 0. The summed E-state index contributed by atoms with van der Waals surface area (Å²) in [6.45, 7) is 0. The average Bonchev–Trinajstić information content (AvgIpc) is 2.49. The molecule has 98 valence electrons. The molecule has 3 heteroatoms. The lowest BCUT2D eigenvalue weighted by Crippen LogP contribution is -2.04. The van der Waals surface area contributed by atoms with Crippen LogP contribution in [0.3, 0.4) is 0 Å². The highest BCUT2D eigenvalue weighted by Gasteiger charge is 2.08. The number of hydrogen-bond donors (Lipinski definition) is 0. The topological polar surface area (TPSA) is 29.4 Å². The van der Waals surface area contributed by atoms with Gasteiger partial charge in [-0.05, 0) is 17.7 Å². The lowest BCUT2D eigenvalue weighted by molar-refractivity contribution is 0.678. The van der Waals surface area contributed by atoms with Crippen molar-refractivity contribution in [3.05, 3.63) is 72.3 Å². The summed E-state index contributed by atoms with van der Waals surface area (Å²) < 4.78 is 16.8. The molecular formula is C16H17NOS. The molecule has 0 aliphatic heterocycles. The molecule has 0 spiro atoms. The predicted octanol–water partition coefficient (Wildman–Crippen LogP) is 3.86. The van der Waals surface area contributed by atoms with Crippen LogP contribution in [-0.2, 0) is 9.73 Å². The van der Waals surface area contributed by atoms with Gasteiger partial charge in [-0.3, -0.25) is 0 Å². The molecule has 19 heavy (non-hydrogen) atoms. The summed E-state index contributed by atoms with van der Waals surface area (Å²) in [5.41, 5.74) is 1.11. The summed E-state index contributed by atoms with van der Waals surface area (Å²) >= 11 is 0. The number of nitrogens with zero attached hydrogens (tertiary/aromatic N) is 1. The van der Waals surface area contributed by atoms with Crippen LogP contribution in [0.2, 0.25) is 0 Å². The lowest BCUT2D eigenvalue weighted by Gasteiger charge is -2.06. The molecule has 2 aromatic rings. The predicted molar refractivity (Wildman–Crippen MR) is 81.5 cm³/mol. The van der Waals surface area contributed by atoms with Crippen molar-refractivity contribution in [2.75, 3.05) is 12.8 Å². The van der Waals surface area contributed by atoms with Crippen LogP contribution in [0.1, 0.15) is 5.56 Å². The standard InChI is InChI=1S/C16H17NOS/c1-17-19(18,16-12-6-3-7-13-16)14-8-11-15-9-4-2-5-10-15/h2-13H,14H2,1H3/b11-8-. The summed E-state index contributed by atoms with van der Waals surface area (Å²) in [6.07, 6.45) is 3.91. The van der Waals surface area contributed by atoms with E-state index in [2.05, 4.69) is 4.36 Å². The molecule has 1 atom stereocenters. The Morgan fingerprint density at radius 1 is 1.00 bits per heavy atom. The van der Waals surface area contributed by atoms with Crippen molar-refractivity contribution in [2.45, 2.75) is 4.90 Å². The van der Waals surface area contributed by atoms with E-state index in [1.807, 2.05) is 72.8 Å². The van der Waals surface area contributed by atoms with Crippen molar-refractivity contribution < 1.29 is 4.21 Å². The molecule has 0 bridgehead atoms. The summed E-state index contributed by atoms with van der Waals surface area (Å²) in [6, 6.07) is 19.4. The molecule has 2 rings (SSSR count). The number of hydrogen-bond acceptors (Lipinski definition) is 2. The fourth-order valence-electron chi connectivity index (χ4n) is 1.79. The van der Waals surface area contributed by atoms with E-state index < -0.39 is 9.73 Å². The third-order valence-electron chi connectivity index (χ3n) is 2.84. The second kappa shape index (κ2) is 6.34. The fourth-order valence-corrected chi connectivity index (χ4v) is 3.28. The van der Waals surface area contributed by atoms with Gasteiger partial charge >= 0.3 is 0 Å². The third-order valence-corrected chi connectivity index (χ3v) is 5.08. The maximum Gasteiger partial charge on any atom is 0.0785 e. The van der Waals surface area contributed by atoms with Gasteiger partial charge < -0.3 is 0 Å². The molecule has 0 aromatic heterocycles.